The van der Waals surface area contributed by atoms with Gasteiger partial charge in [-0.05, 0) is 6.92 Å². The molecular weight excluding hydrogens is 240 g/mol. The summed E-state index contributed by atoms with van der Waals surface area (Å²) >= 11 is 0. The normalized spacial score (nSPS) is 10.5. The van der Waals surface area contributed by atoms with E-state index in [1.54, 1.807) is 6.92 Å². The van der Waals surface area contributed by atoms with Crippen LogP contribution >= 0.6 is 0 Å². The maximum atomic E-state index is 11.3. The van der Waals surface area contributed by atoms with Gasteiger partial charge in [0.1, 0.15) is 19.7 Å². The van der Waals surface area contributed by atoms with Crippen molar-refractivity contribution in [1.82, 2.24) is 6.15 Å². The topological polar surface area (TPSA) is 61.3 Å². The first-order valence-electron chi connectivity index (χ1n) is 6.09. The Morgan fingerprint density at radius 1 is 1.26 bits per heavy atom. The molecule has 1 rings (SSSR count). The van der Waals surface area contributed by atoms with Gasteiger partial charge in [-0.3, -0.25) is 0 Å². The highest BCUT2D eigenvalue weighted by Crippen LogP contribution is 2.08. The molecule has 4 heteroatoms. The Hall–Kier alpha value is -1.65. The van der Waals surface area contributed by atoms with Crippen LogP contribution in [0, 0.1) is 0 Å². The third-order valence-electron chi connectivity index (χ3n) is 2.73. The predicted octanol–water partition coefficient (Wildman–Crippen LogP) is 2.54. The second kappa shape index (κ2) is 7.71. The lowest BCUT2D eigenvalue weighted by molar-refractivity contribution is -0.903. The molecule has 0 aliphatic heterocycles. The fourth-order valence-corrected chi connectivity index (χ4v) is 1.67. The molecule has 1 aromatic rings. The minimum Gasteiger partial charge on any atom is -0.456 e. The largest absolute Gasteiger partial charge is 0.456 e. The molecule has 3 N–H and O–H groups in total. The fraction of sp³-hybridized carbons (Fsp3) is 0.400. The van der Waals surface area contributed by atoms with Crippen molar-refractivity contribution in [3.05, 3.63) is 48.0 Å². The van der Waals surface area contributed by atoms with Gasteiger partial charge in [0.15, 0.2) is 0 Å². The number of hydrogen-bond donors (Lipinski definition) is 1. The predicted molar refractivity (Wildman–Crippen MR) is 77.9 cm³/mol. The number of likely N-dealkylation sites (N-methyl/N-ethyl adjacent to an activating group) is 1. The average molecular weight is 265 g/mol. The standard InChI is InChI=1S/C15H22NO2.H3N/c1-13(2)15(17)18-11-10-16(3,4)12-14-8-6-5-7-9-14;/h5-9H,1,10-12H2,2-4H3;1H3/q+1;. The highest BCUT2D eigenvalue weighted by atomic mass is 16.5. The molecular formula is C15H25N2O2+. The van der Waals surface area contributed by atoms with Gasteiger partial charge in [-0.1, -0.05) is 36.9 Å². The monoisotopic (exact) mass is 265 g/mol. The van der Waals surface area contributed by atoms with Crippen molar-refractivity contribution >= 4 is 5.97 Å². The fourth-order valence-electron chi connectivity index (χ4n) is 1.67. The van der Waals surface area contributed by atoms with E-state index in [1.807, 2.05) is 18.2 Å². The van der Waals surface area contributed by atoms with E-state index in [4.69, 9.17) is 4.74 Å². The van der Waals surface area contributed by atoms with Crippen molar-refractivity contribution < 1.29 is 14.0 Å². The zero-order valence-corrected chi connectivity index (χ0v) is 12.2. The van der Waals surface area contributed by atoms with E-state index < -0.39 is 0 Å². The van der Waals surface area contributed by atoms with Crippen molar-refractivity contribution in [2.75, 3.05) is 27.2 Å². The first kappa shape index (κ1) is 17.4. The summed E-state index contributed by atoms with van der Waals surface area (Å²) in [7, 11) is 4.25. The first-order chi connectivity index (χ1) is 8.41. The van der Waals surface area contributed by atoms with Crippen LogP contribution in [-0.4, -0.2) is 37.7 Å². The molecule has 0 aliphatic rings. The van der Waals surface area contributed by atoms with Gasteiger partial charge in [-0.15, -0.1) is 0 Å². The van der Waals surface area contributed by atoms with Gasteiger partial charge in [-0.2, -0.15) is 0 Å². The quantitative estimate of drug-likeness (QED) is 0.488. The number of nitrogens with zero attached hydrogens (tertiary/aromatic N) is 1. The second-order valence-electron chi connectivity index (χ2n) is 5.22. The van der Waals surface area contributed by atoms with Crippen LogP contribution < -0.4 is 6.15 Å². The van der Waals surface area contributed by atoms with Crippen LogP contribution in [0.2, 0.25) is 0 Å². The highest BCUT2D eigenvalue weighted by molar-refractivity contribution is 5.86. The molecule has 0 atom stereocenters. The lowest BCUT2D eigenvalue weighted by atomic mass is 10.2. The summed E-state index contributed by atoms with van der Waals surface area (Å²) in [5.41, 5.74) is 1.73. The van der Waals surface area contributed by atoms with E-state index in [9.17, 15) is 4.79 Å². The van der Waals surface area contributed by atoms with Crippen LogP contribution in [0.3, 0.4) is 0 Å². The van der Waals surface area contributed by atoms with Crippen LogP contribution in [0.4, 0.5) is 0 Å². The average Bonchev–Trinajstić information content (AvgIpc) is 2.29. The first-order valence-corrected chi connectivity index (χ1v) is 6.09. The molecule has 0 bridgehead atoms. The maximum Gasteiger partial charge on any atom is 0.333 e. The molecule has 0 amide bonds. The summed E-state index contributed by atoms with van der Waals surface area (Å²) in [5, 5.41) is 0. The number of esters is 1. The molecule has 0 spiro atoms. The molecule has 106 valence electrons. The van der Waals surface area contributed by atoms with Gasteiger partial charge in [0.25, 0.3) is 0 Å². The van der Waals surface area contributed by atoms with E-state index >= 15 is 0 Å². The van der Waals surface area contributed by atoms with E-state index in [-0.39, 0.29) is 12.1 Å². The van der Waals surface area contributed by atoms with Crippen molar-refractivity contribution in [3.63, 3.8) is 0 Å². The molecule has 0 aromatic heterocycles. The van der Waals surface area contributed by atoms with Crippen molar-refractivity contribution in [1.29, 1.82) is 0 Å². The zero-order chi connectivity index (χ0) is 13.6. The summed E-state index contributed by atoms with van der Waals surface area (Å²) in [5.74, 6) is -0.310. The van der Waals surface area contributed by atoms with Gasteiger partial charge < -0.3 is 15.4 Å². The number of rotatable bonds is 6. The Bertz CT molecular complexity index is 413. The Balaban J connectivity index is 0.00000324. The Kier molecular flexibility index (Phi) is 7.04. The van der Waals surface area contributed by atoms with Gasteiger partial charge in [-0.25, -0.2) is 4.79 Å². The van der Waals surface area contributed by atoms with E-state index in [2.05, 4.69) is 32.8 Å². The summed E-state index contributed by atoms with van der Waals surface area (Å²) in [6.07, 6.45) is 0. The van der Waals surface area contributed by atoms with Crippen LogP contribution in [-0.2, 0) is 16.1 Å². The SMILES string of the molecule is C=C(C)C(=O)OCC[N+](C)(C)Cc1ccccc1.N. The molecule has 0 fully saturated rings. The molecule has 19 heavy (non-hydrogen) atoms. The smallest absolute Gasteiger partial charge is 0.333 e. The van der Waals surface area contributed by atoms with Crippen LogP contribution in [0.25, 0.3) is 0 Å². The molecule has 0 heterocycles. The van der Waals surface area contributed by atoms with Gasteiger partial charge >= 0.3 is 5.97 Å². The van der Waals surface area contributed by atoms with Crippen LogP contribution in [0.5, 0.6) is 0 Å². The number of quaternary nitrogens is 1. The van der Waals surface area contributed by atoms with Gasteiger partial charge in [0.05, 0.1) is 14.1 Å². The lowest BCUT2D eigenvalue weighted by Gasteiger charge is -2.29. The third kappa shape index (κ3) is 6.74. The molecule has 4 nitrogen and oxygen atoms in total. The Labute approximate surface area is 115 Å². The van der Waals surface area contributed by atoms with E-state index in [0.717, 1.165) is 17.6 Å². The van der Waals surface area contributed by atoms with Crippen molar-refractivity contribution in [2.24, 2.45) is 0 Å². The lowest BCUT2D eigenvalue weighted by Crippen LogP contribution is -2.41. The molecule has 0 aliphatic carbocycles. The number of hydrogen-bond acceptors (Lipinski definition) is 3. The zero-order valence-electron chi connectivity index (χ0n) is 12.2. The van der Waals surface area contributed by atoms with Crippen molar-refractivity contribution in [2.45, 2.75) is 13.5 Å². The summed E-state index contributed by atoms with van der Waals surface area (Å²) in [6, 6.07) is 10.3. The van der Waals surface area contributed by atoms with Crippen molar-refractivity contribution in [3.8, 4) is 0 Å². The van der Waals surface area contributed by atoms with Gasteiger partial charge in [0, 0.05) is 11.1 Å². The second-order valence-corrected chi connectivity index (χ2v) is 5.22. The van der Waals surface area contributed by atoms with E-state index in [1.165, 1.54) is 5.56 Å². The molecule has 0 unspecified atom stereocenters. The molecule has 0 saturated heterocycles. The van der Waals surface area contributed by atoms with E-state index in [0.29, 0.717) is 12.2 Å². The van der Waals surface area contributed by atoms with Gasteiger partial charge in [0.2, 0.25) is 0 Å². The number of benzene rings is 1. The number of carbonyl (C=O) groups is 1. The Morgan fingerprint density at radius 2 is 1.84 bits per heavy atom. The minimum atomic E-state index is -0.310. The van der Waals surface area contributed by atoms with Crippen LogP contribution in [0.15, 0.2) is 42.5 Å². The summed E-state index contributed by atoms with van der Waals surface area (Å²) in [4.78, 5) is 11.3. The highest BCUT2D eigenvalue weighted by Gasteiger charge is 2.16. The Morgan fingerprint density at radius 3 is 2.37 bits per heavy atom. The van der Waals surface area contributed by atoms with Crippen LogP contribution in [0.1, 0.15) is 12.5 Å². The molecule has 0 radical (unpaired) electrons. The third-order valence-corrected chi connectivity index (χ3v) is 2.73. The molecule has 0 saturated carbocycles. The summed E-state index contributed by atoms with van der Waals surface area (Å²) in [6.45, 7) is 7.35. The molecule has 1 aromatic carbocycles. The minimum absolute atomic E-state index is 0. The maximum absolute atomic E-state index is 11.3. The number of ether oxygens (including phenoxy) is 1. The summed E-state index contributed by atoms with van der Waals surface area (Å²) < 4.78 is 5.91. The number of carbonyl (C=O) groups excluding carboxylic acids is 1.